The normalized spacial score (nSPS) is 10.8. The van der Waals surface area contributed by atoms with Crippen LogP contribution in [0.2, 0.25) is 0 Å². The minimum absolute atomic E-state index is 0.0899. The van der Waals surface area contributed by atoms with E-state index in [0.29, 0.717) is 28.5 Å². The van der Waals surface area contributed by atoms with E-state index in [-0.39, 0.29) is 17.7 Å². The smallest absolute Gasteiger partial charge is 0.339 e. The molecule has 0 aliphatic heterocycles. The summed E-state index contributed by atoms with van der Waals surface area (Å²) in [4.78, 5) is 39.4. The lowest BCUT2D eigenvalue weighted by Crippen LogP contribution is -2.13. The summed E-state index contributed by atoms with van der Waals surface area (Å²) in [5.74, 6) is -1.51. The molecule has 0 aliphatic rings. The zero-order valence-electron chi connectivity index (χ0n) is 15.9. The summed E-state index contributed by atoms with van der Waals surface area (Å²) in [5, 5.41) is 9.39. The van der Waals surface area contributed by atoms with E-state index in [1.165, 1.54) is 18.2 Å². The molecule has 0 bridgehead atoms. The van der Waals surface area contributed by atoms with E-state index in [1.54, 1.807) is 47.4 Å². The van der Waals surface area contributed by atoms with Crippen molar-refractivity contribution < 1.29 is 19.4 Å². The van der Waals surface area contributed by atoms with Gasteiger partial charge in [-0.2, -0.15) is 0 Å². The Bertz CT molecular complexity index is 1270. The van der Waals surface area contributed by atoms with E-state index in [4.69, 9.17) is 9.84 Å². The van der Waals surface area contributed by atoms with Crippen LogP contribution < -0.4 is 5.43 Å². The molecule has 4 rings (SSSR count). The lowest BCUT2D eigenvalue weighted by atomic mass is 10.0. The summed E-state index contributed by atoms with van der Waals surface area (Å²) < 4.78 is 7.00. The molecule has 0 unspecified atom stereocenters. The molecule has 2 N–H and O–H groups in total. The van der Waals surface area contributed by atoms with Gasteiger partial charge < -0.3 is 19.4 Å². The number of aromatic amines is 1. The van der Waals surface area contributed by atoms with Crippen molar-refractivity contribution in [3.05, 3.63) is 106 Å². The highest BCUT2D eigenvalue weighted by atomic mass is 16.5. The fraction of sp³-hybridized carbons (Fsp3) is 0.0870. The van der Waals surface area contributed by atoms with Crippen molar-refractivity contribution in [1.29, 1.82) is 0 Å². The van der Waals surface area contributed by atoms with E-state index in [0.717, 1.165) is 5.56 Å². The molecule has 7 nitrogen and oxygen atoms in total. The van der Waals surface area contributed by atoms with Gasteiger partial charge in [-0.1, -0.05) is 12.1 Å². The Morgan fingerprint density at radius 1 is 1.00 bits per heavy atom. The second-order valence-corrected chi connectivity index (χ2v) is 6.84. The first-order chi connectivity index (χ1) is 14.5. The average molecular weight is 402 g/mol. The minimum atomic E-state index is -0.999. The summed E-state index contributed by atoms with van der Waals surface area (Å²) in [6.07, 6.45) is 5.55. The van der Waals surface area contributed by atoms with Crippen molar-refractivity contribution >= 4 is 22.8 Å². The molecule has 0 amide bonds. The number of fused-ring (bicyclic) bond motifs is 1. The predicted octanol–water partition coefficient (Wildman–Crippen LogP) is 3.43. The van der Waals surface area contributed by atoms with Gasteiger partial charge in [-0.3, -0.25) is 4.79 Å². The number of ether oxygens (including phenoxy) is 1. The number of carbonyl (C=O) groups is 2. The summed E-state index contributed by atoms with van der Waals surface area (Å²) in [6.45, 7) is 0.0899. The van der Waals surface area contributed by atoms with Crippen molar-refractivity contribution in [3.63, 3.8) is 0 Å². The van der Waals surface area contributed by atoms with Gasteiger partial charge in [0.1, 0.15) is 0 Å². The van der Waals surface area contributed by atoms with Gasteiger partial charge in [-0.05, 0) is 48.0 Å². The minimum Gasteiger partial charge on any atom is -0.478 e. The number of carbonyl (C=O) groups excluding carboxylic acids is 1. The van der Waals surface area contributed by atoms with Crippen molar-refractivity contribution in [2.45, 2.75) is 13.2 Å². The number of H-pyrrole nitrogens is 1. The molecular weight excluding hydrogens is 384 g/mol. The molecule has 2 aromatic heterocycles. The Kier molecular flexibility index (Phi) is 5.17. The standard InChI is InChI=1S/C23H18N2O5/c26-21-18(11-15-3-5-16(6-4-15)22(27)28)13-24-20-8-7-17(12-19(20)21)23(29)30-14-25-9-1-2-10-25/h1-10,12-13H,11,14H2,(H,24,26)(H,27,28). The van der Waals surface area contributed by atoms with Crippen LogP contribution in [0.25, 0.3) is 10.9 Å². The van der Waals surface area contributed by atoms with Crippen LogP contribution in [0.15, 0.2) is 78.0 Å². The van der Waals surface area contributed by atoms with Crippen molar-refractivity contribution in [2.24, 2.45) is 0 Å². The quantitative estimate of drug-likeness (QED) is 0.481. The number of carboxylic acid groups (broad SMARTS) is 1. The van der Waals surface area contributed by atoms with Crippen LogP contribution in [0.1, 0.15) is 31.8 Å². The second kappa shape index (κ2) is 8.08. The maximum absolute atomic E-state index is 13.0. The van der Waals surface area contributed by atoms with Crippen LogP contribution >= 0.6 is 0 Å². The largest absolute Gasteiger partial charge is 0.478 e. The highest BCUT2D eigenvalue weighted by Crippen LogP contribution is 2.15. The van der Waals surface area contributed by atoms with Gasteiger partial charge in [0, 0.05) is 41.5 Å². The highest BCUT2D eigenvalue weighted by Gasteiger charge is 2.12. The molecule has 4 aromatic rings. The zero-order valence-corrected chi connectivity index (χ0v) is 15.9. The number of nitrogens with zero attached hydrogens (tertiary/aromatic N) is 1. The zero-order chi connectivity index (χ0) is 21.1. The van der Waals surface area contributed by atoms with Crippen molar-refractivity contribution in [1.82, 2.24) is 9.55 Å². The van der Waals surface area contributed by atoms with Crippen LogP contribution in [0.3, 0.4) is 0 Å². The number of esters is 1. The summed E-state index contributed by atoms with van der Waals surface area (Å²) in [7, 11) is 0. The lowest BCUT2D eigenvalue weighted by molar-refractivity contribution is 0.0372. The third-order valence-electron chi connectivity index (χ3n) is 4.80. The number of pyridine rings is 1. The molecule has 0 saturated carbocycles. The number of nitrogens with one attached hydrogen (secondary N) is 1. The molecule has 2 heterocycles. The highest BCUT2D eigenvalue weighted by molar-refractivity contribution is 5.94. The number of benzene rings is 2. The molecule has 0 fully saturated rings. The molecule has 30 heavy (non-hydrogen) atoms. The fourth-order valence-corrected chi connectivity index (χ4v) is 3.18. The molecule has 0 aliphatic carbocycles. The van der Waals surface area contributed by atoms with Gasteiger partial charge in [0.2, 0.25) is 0 Å². The molecule has 0 radical (unpaired) electrons. The van der Waals surface area contributed by atoms with E-state index >= 15 is 0 Å². The molecule has 7 heteroatoms. The second-order valence-electron chi connectivity index (χ2n) is 6.84. The van der Waals surface area contributed by atoms with E-state index < -0.39 is 11.9 Å². The Balaban J connectivity index is 1.58. The maximum Gasteiger partial charge on any atom is 0.339 e. The molecule has 0 saturated heterocycles. The average Bonchev–Trinajstić information content (AvgIpc) is 3.28. The summed E-state index contributed by atoms with van der Waals surface area (Å²) >= 11 is 0. The van der Waals surface area contributed by atoms with Gasteiger partial charge in [0.15, 0.2) is 12.2 Å². The maximum atomic E-state index is 13.0. The molecule has 0 atom stereocenters. The molecule has 2 aromatic carbocycles. The van der Waals surface area contributed by atoms with Gasteiger partial charge >= 0.3 is 11.9 Å². The number of hydrogen-bond donors (Lipinski definition) is 2. The van der Waals surface area contributed by atoms with Gasteiger partial charge in [-0.25, -0.2) is 9.59 Å². The molecule has 0 spiro atoms. The van der Waals surface area contributed by atoms with Crippen LogP contribution in [0.4, 0.5) is 0 Å². The summed E-state index contributed by atoms with van der Waals surface area (Å²) in [6, 6.07) is 14.9. The van der Waals surface area contributed by atoms with Gasteiger partial charge in [0.05, 0.1) is 11.1 Å². The monoisotopic (exact) mass is 402 g/mol. The first kappa shape index (κ1) is 19.2. The summed E-state index contributed by atoms with van der Waals surface area (Å²) in [5.41, 5.74) is 2.24. The van der Waals surface area contributed by atoms with E-state index in [1.807, 2.05) is 12.1 Å². The van der Waals surface area contributed by atoms with Crippen LogP contribution in [0.5, 0.6) is 0 Å². The number of rotatable bonds is 6. The predicted molar refractivity (Wildman–Crippen MR) is 111 cm³/mol. The van der Waals surface area contributed by atoms with E-state index in [2.05, 4.69) is 4.98 Å². The number of aromatic carboxylic acids is 1. The Morgan fingerprint density at radius 2 is 1.70 bits per heavy atom. The number of hydrogen-bond acceptors (Lipinski definition) is 4. The number of carboxylic acids is 1. The van der Waals surface area contributed by atoms with Crippen LogP contribution in [-0.4, -0.2) is 26.6 Å². The molecular formula is C23H18N2O5. The van der Waals surface area contributed by atoms with Crippen molar-refractivity contribution in [2.75, 3.05) is 0 Å². The Morgan fingerprint density at radius 3 is 2.40 bits per heavy atom. The SMILES string of the molecule is O=C(O)c1ccc(Cc2c[nH]c3ccc(C(=O)OCn4cccc4)cc3c2=O)cc1. The van der Waals surface area contributed by atoms with E-state index in [9.17, 15) is 14.4 Å². The van der Waals surface area contributed by atoms with Crippen LogP contribution in [-0.2, 0) is 17.9 Å². The Hall–Kier alpha value is -4.13. The fourth-order valence-electron chi connectivity index (χ4n) is 3.18. The third-order valence-corrected chi connectivity index (χ3v) is 4.80. The molecule has 150 valence electrons. The lowest BCUT2D eigenvalue weighted by Gasteiger charge is -2.08. The van der Waals surface area contributed by atoms with Gasteiger partial charge in [-0.15, -0.1) is 0 Å². The Labute approximate surface area is 171 Å². The van der Waals surface area contributed by atoms with Gasteiger partial charge in [0.25, 0.3) is 0 Å². The third kappa shape index (κ3) is 4.00. The first-order valence-corrected chi connectivity index (χ1v) is 9.26. The van der Waals surface area contributed by atoms with Crippen molar-refractivity contribution in [3.8, 4) is 0 Å². The topological polar surface area (TPSA) is 101 Å². The van der Waals surface area contributed by atoms with Crippen LogP contribution in [0, 0.1) is 0 Å². The first-order valence-electron chi connectivity index (χ1n) is 9.26. The number of aromatic nitrogens is 2.